The summed E-state index contributed by atoms with van der Waals surface area (Å²) >= 11 is 16.1. The summed E-state index contributed by atoms with van der Waals surface area (Å²) in [5.74, 6) is 0. The van der Waals surface area contributed by atoms with Crippen LogP contribution >= 0.6 is 50.5 Å². The van der Waals surface area contributed by atoms with E-state index in [4.69, 9.17) is 23.2 Å². The molecule has 0 atom stereocenters. The lowest BCUT2D eigenvalue weighted by Crippen LogP contribution is -2.35. The van der Waals surface area contributed by atoms with E-state index in [9.17, 15) is 8.42 Å². The monoisotopic (exact) mass is 470 g/mol. The molecule has 1 heterocycles. The van der Waals surface area contributed by atoms with Gasteiger partial charge in [-0.1, -0.05) is 35.3 Å². The maximum absolute atomic E-state index is 12.5. The van der Waals surface area contributed by atoms with Crippen LogP contribution in [-0.2, 0) is 10.0 Å². The average molecular weight is 472 g/mol. The van der Waals surface area contributed by atoms with Crippen LogP contribution < -0.4 is 9.62 Å². The molecule has 132 valence electrons. The van der Waals surface area contributed by atoms with Crippen molar-refractivity contribution in [1.29, 1.82) is 0 Å². The Labute approximate surface area is 164 Å². The van der Waals surface area contributed by atoms with E-state index in [-0.39, 0.29) is 15.8 Å². The number of hydrogen-bond acceptors (Lipinski definition) is 4. The SMILES string of the molecule is CCN(CCNS(=O)(=O)c1c(Cl)sc(Cl)c1Br)c1cccc(C)c1. The Morgan fingerprint density at radius 1 is 1.29 bits per heavy atom. The van der Waals surface area contributed by atoms with Crippen LogP contribution in [-0.4, -0.2) is 28.1 Å². The molecule has 0 fully saturated rings. The van der Waals surface area contributed by atoms with Crippen molar-refractivity contribution in [2.45, 2.75) is 18.7 Å². The van der Waals surface area contributed by atoms with Gasteiger partial charge in [0.05, 0.1) is 4.47 Å². The van der Waals surface area contributed by atoms with Crippen LogP contribution in [0.15, 0.2) is 33.6 Å². The predicted molar refractivity (Wildman–Crippen MR) is 106 cm³/mol. The molecule has 0 radical (unpaired) electrons. The molecule has 1 aromatic carbocycles. The summed E-state index contributed by atoms with van der Waals surface area (Å²) in [4.78, 5) is 2.10. The summed E-state index contributed by atoms with van der Waals surface area (Å²) in [5.41, 5.74) is 2.23. The largest absolute Gasteiger partial charge is 0.370 e. The molecule has 0 amide bonds. The summed E-state index contributed by atoms with van der Waals surface area (Å²) in [5, 5.41) is 0. The third-order valence-corrected chi connectivity index (χ3v) is 8.35. The topological polar surface area (TPSA) is 49.4 Å². The van der Waals surface area contributed by atoms with Gasteiger partial charge in [0.15, 0.2) is 0 Å². The molecular formula is C15H17BrCl2N2O2S2. The number of aryl methyl sites for hydroxylation is 1. The normalized spacial score (nSPS) is 11.7. The Morgan fingerprint density at radius 3 is 2.54 bits per heavy atom. The van der Waals surface area contributed by atoms with Gasteiger partial charge >= 0.3 is 0 Å². The second-order valence-corrected chi connectivity index (χ2v) is 9.83. The van der Waals surface area contributed by atoms with Crippen LogP contribution in [0.1, 0.15) is 12.5 Å². The quantitative estimate of drug-likeness (QED) is 0.622. The van der Waals surface area contributed by atoms with Gasteiger partial charge in [-0.2, -0.15) is 0 Å². The number of rotatable bonds is 7. The number of halogens is 3. The Bertz CT molecular complexity index is 825. The minimum absolute atomic E-state index is 0.00206. The third-order valence-electron chi connectivity index (χ3n) is 3.42. The van der Waals surface area contributed by atoms with Gasteiger partial charge in [0.1, 0.15) is 13.6 Å². The molecule has 0 aliphatic rings. The minimum atomic E-state index is -3.72. The van der Waals surface area contributed by atoms with Crippen molar-refractivity contribution in [3.63, 3.8) is 0 Å². The molecule has 0 saturated carbocycles. The smallest absolute Gasteiger partial charge is 0.244 e. The van der Waals surface area contributed by atoms with Crippen molar-refractivity contribution < 1.29 is 8.42 Å². The molecule has 0 unspecified atom stereocenters. The van der Waals surface area contributed by atoms with Crippen LogP contribution in [0.5, 0.6) is 0 Å². The first kappa shape index (κ1) is 20.0. The van der Waals surface area contributed by atoms with Crippen LogP contribution in [0.2, 0.25) is 8.67 Å². The maximum atomic E-state index is 12.5. The number of likely N-dealkylation sites (N-methyl/N-ethyl adjacent to an activating group) is 1. The van der Waals surface area contributed by atoms with Gasteiger partial charge in [-0.3, -0.25) is 0 Å². The summed E-state index contributed by atoms with van der Waals surface area (Å²) in [6.45, 7) is 5.65. The zero-order valence-corrected chi connectivity index (χ0v) is 17.9. The fourth-order valence-electron chi connectivity index (χ4n) is 2.25. The molecular weight excluding hydrogens is 455 g/mol. The fraction of sp³-hybridized carbons (Fsp3) is 0.333. The predicted octanol–water partition coefficient (Wildman–Crippen LogP) is 4.93. The van der Waals surface area contributed by atoms with Crippen molar-refractivity contribution in [2.75, 3.05) is 24.5 Å². The summed E-state index contributed by atoms with van der Waals surface area (Å²) in [7, 11) is -3.72. The maximum Gasteiger partial charge on any atom is 0.244 e. The highest BCUT2D eigenvalue weighted by Crippen LogP contribution is 2.42. The zero-order chi connectivity index (χ0) is 17.9. The average Bonchev–Trinajstić information content (AvgIpc) is 2.77. The van der Waals surface area contributed by atoms with Gasteiger partial charge in [-0.15, -0.1) is 11.3 Å². The zero-order valence-electron chi connectivity index (χ0n) is 13.1. The van der Waals surface area contributed by atoms with Gasteiger partial charge < -0.3 is 4.90 Å². The molecule has 0 saturated heterocycles. The van der Waals surface area contributed by atoms with E-state index in [0.717, 1.165) is 29.1 Å². The minimum Gasteiger partial charge on any atom is -0.370 e. The number of benzene rings is 1. The van der Waals surface area contributed by atoms with E-state index in [1.165, 1.54) is 0 Å². The van der Waals surface area contributed by atoms with E-state index < -0.39 is 10.0 Å². The van der Waals surface area contributed by atoms with E-state index in [1.807, 2.05) is 32.0 Å². The second-order valence-electron chi connectivity index (χ2n) is 5.11. The van der Waals surface area contributed by atoms with Crippen LogP contribution in [0.25, 0.3) is 0 Å². The van der Waals surface area contributed by atoms with Crippen LogP contribution in [0.3, 0.4) is 0 Å². The standard InChI is InChI=1S/C15H17BrCl2N2O2S2/c1-3-20(11-6-4-5-10(2)9-11)8-7-19-24(21,22)13-12(16)14(17)23-15(13)18/h4-6,9,19H,3,7-8H2,1-2H3. The first-order chi connectivity index (χ1) is 11.3. The number of nitrogens with one attached hydrogen (secondary N) is 1. The highest BCUT2D eigenvalue weighted by Gasteiger charge is 2.26. The first-order valence-electron chi connectivity index (χ1n) is 7.20. The number of nitrogens with zero attached hydrogens (tertiary/aromatic N) is 1. The van der Waals surface area contributed by atoms with Gasteiger partial charge in [0.2, 0.25) is 10.0 Å². The first-order valence-corrected chi connectivity index (χ1v) is 11.1. The molecule has 1 aromatic heterocycles. The molecule has 0 bridgehead atoms. The molecule has 4 nitrogen and oxygen atoms in total. The second kappa shape index (κ2) is 8.38. The number of hydrogen-bond donors (Lipinski definition) is 1. The molecule has 2 aromatic rings. The van der Waals surface area contributed by atoms with E-state index in [1.54, 1.807) is 0 Å². The highest BCUT2D eigenvalue weighted by atomic mass is 79.9. The Morgan fingerprint density at radius 2 is 2.00 bits per heavy atom. The summed E-state index contributed by atoms with van der Waals surface area (Å²) < 4.78 is 28.2. The molecule has 9 heteroatoms. The Balaban J connectivity index is 2.07. The lowest BCUT2D eigenvalue weighted by Gasteiger charge is -2.23. The number of sulfonamides is 1. The van der Waals surface area contributed by atoms with Crippen molar-refractivity contribution in [2.24, 2.45) is 0 Å². The van der Waals surface area contributed by atoms with Gasteiger partial charge in [0.25, 0.3) is 0 Å². The lowest BCUT2D eigenvalue weighted by atomic mass is 10.2. The number of thiophene rings is 1. The van der Waals surface area contributed by atoms with Crippen LogP contribution in [0.4, 0.5) is 5.69 Å². The highest BCUT2D eigenvalue weighted by molar-refractivity contribution is 9.10. The van der Waals surface area contributed by atoms with Crippen molar-refractivity contribution >= 4 is 66.2 Å². The van der Waals surface area contributed by atoms with E-state index >= 15 is 0 Å². The Kier molecular flexibility index (Phi) is 6.99. The molecule has 24 heavy (non-hydrogen) atoms. The van der Waals surface area contributed by atoms with Crippen LogP contribution in [0, 0.1) is 6.92 Å². The van der Waals surface area contributed by atoms with Crippen molar-refractivity contribution in [3.8, 4) is 0 Å². The lowest BCUT2D eigenvalue weighted by molar-refractivity contribution is 0.581. The fourth-order valence-corrected chi connectivity index (χ4v) is 6.82. The molecule has 0 spiro atoms. The summed E-state index contributed by atoms with van der Waals surface area (Å²) in [6, 6.07) is 8.10. The van der Waals surface area contributed by atoms with Gasteiger partial charge in [-0.05, 0) is 47.5 Å². The Hall–Kier alpha value is -0.310. The third kappa shape index (κ3) is 4.65. The van der Waals surface area contributed by atoms with Gasteiger partial charge in [0, 0.05) is 25.3 Å². The molecule has 1 N–H and O–H groups in total. The van der Waals surface area contributed by atoms with E-state index in [2.05, 4.69) is 31.6 Å². The molecule has 0 aliphatic carbocycles. The van der Waals surface area contributed by atoms with Crippen molar-refractivity contribution in [3.05, 3.63) is 43.0 Å². The van der Waals surface area contributed by atoms with E-state index in [0.29, 0.717) is 15.4 Å². The van der Waals surface area contributed by atoms with Crippen molar-refractivity contribution in [1.82, 2.24) is 4.72 Å². The molecule has 0 aliphatic heterocycles. The molecule has 2 rings (SSSR count). The number of anilines is 1. The summed E-state index contributed by atoms with van der Waals surface area (Å²) in [6.07, 6.45) is 0. The van der Waals surface area contributed by atoms with Gasteiger partial charge in [-0.25, -0.2) is 13.1 Å².